The molecule has 448 valence electrons. The third-order valence-corrected chi connectivity index (χ3v) is 15.7. The number of hydrogen-bond acceptors (Lipinski definition) is 6. The van der Waals surface area contributed by atoms with Crippen molar-refractivity contribution in [1.82, 2.24) is 0 Å². The summed E-state index contributed by atoms with van der Waals surface area (Å²) in [5.41, 5.74) is 0. The molecule has 76 heavy (non-hydrogen) atoms. The van der Waals surface area contributed by atoms with Gasteiger partial charge in [-0.15, -0.1) is 0 Å². The van der Waals surface area contributed by atoms with Gasteiger partial charge in [-0.1, -0.05) is 321 Å². The number of ether oxygens (including phenoxy) is 3. The lowest BCUT2D eigenvalue weighted by molar-refractivity contribution is -0.167. The van der Waals surface area contributed by atoms with Crippen molar-refractivity contribution in [3.63, 3.8) is 0 Å². The quantitative estimate of drug-likeness (QED) is 0.0261. The van der Waals surface area contributed by atoms with Crippen LogP contribution in [0.15, 0.2) is 24.3 Å². The maximum absolute atomic E-state index is 12.9. The van der Waals surface area contributed by atoms with Crippen LogP contribution in [0, 0.1) is 0 Å². The molecule has 0 aliphatic carbocycles. The highest BCUT2D eigenvalue weighted by Gasteiger charge is 2.19. The molecule has 0 aromatic rings. The van der Waals surface area contributed by atoms with Crippen LogP contribution in [-0.2, 0) is 28.6 Å². The molecule has 6 nitrogen and oxygen atoms in total. The Kier molecular flexibility index (Phi) is 63.6. The number of unbranched alkanes of at least 4 members (excludes halogenated alkanes) is 49. The van der Waals surface area contributed by atoms with Crippen LogP contribution in [0.2, 0.25) is 0 Å². The average Bonchev–Trinajstić information content (AvgIpc) is 3.42. The summed E-state index contributed by atoms with van der Waals surface area (Å²) in [6, 6.07) is 0. The summed E-state index contributed by atoms with van der Waals surface area (Å²) in [5.74, 6) is -0.847. The number of hydrogen-bond donors (Lipinski definition) is 0. The second-order valence-corrected chi connectivity index (χ2v) is 23.4. The second kappa shape index (κ2) is 65.4. The van der Waals surface area contributed by atoms with Crippen molar-refractivity contribution in [2.75, 3.05) is 13.2 Å². The summed E-state index contributed by atoms with van der Waals surface area (Å²) >= 11 is 0. The molecule has 0 saturated carbocycles. The minimum Gasteiger partial charge on any atom is -0.462 e. The first-order valence-corrected chi connectivity index (χ1v) is 34.3. The van der Waals surface area contributed by atoms with Gasteiger partial charge in [-0.3, -0.25) is 14.4 Å². The van der Waals surface area contributed by atoms with E-state index in [-0.39, 0.29) is 31.1 Å². The van der Waals surface area contributed by atoms with E-state index in [0.29, 0.717) is 19.3 Å². The molecular formula is C70H132O6. The third-order valence-electron chi connectivity index (χ3n) is 15.7. The van der Waals surface area contributed by atoms with Crippen molar-refractivity contribution >= 4 is 17.9 Å². The lowest BCUT2D eigenvalue weighted by Crippen LogP contribution is -2.30. The predicted octanol–water partition coefficient (Wildman–Crippen LogP) is 23.4. The molecule has 0 radical (unpaired) electrons. The van der Waals surface area contributed by atoms with Crippen molar-refractivity contribution in [2.24, 2.45) is 0 Å². The monoisotopic (exact) mass is 1070 g/mol. The van der Waals surface area contributed by atoms with E-state index < -0.39 is 6.10 Å². The highest BCUT2D eigenvalue weighted by molar-refractivity contribution is 5.71. The molecule has 0 heterocycles. The Hall–Kier alpha value is -2.11. The molecule has 0 aromatic heterocycles. The SMILES string of the molecule is CCCCCCCCC/C=C\CCCCCCCC(=O)OCC(COC(=O)CCCCCCCCCCCCC/C=C\CCCCCCCCCC)OC(=O)CCCCCCCCCCCCCCCCCCCCC. The van der Waals surface area contributed by atoms with Gasteiger partial charge in [-0.2, -0.15) is 0 Å². The van der Waals surface area contributed by atoms with Crippen LogP contribution < -0.4 is 0 Å². The molecule has 0 saturated heterocycles. The molecule has 0 amide bonds. The van der Waals surface area contributed by atoms with Crippen LogP contribution in [0.1, 0.15) is 387 Å². The Morgan fingerprint density at radius 2 is 0.434 bits per heavy atom. The van der Waals surface area contributed by atoms with Crippen LogP contribution in [0.5, 0.6) is 0 Å². The van der Waals surface area contributed by atoms with Crippen LogP contribution in [-0.4, -0.2) is 37.2 Å². The fourth-order valence-corrected chi connectivity index (χ4v) is 10.5. The molecule has 1 atom stereocenters. The summed E-state index contributed by atoms with van der Waals surface area (Å²) in [7, 11) is 0. The van der Waals surface area contributed by atoms with E-state index in [9.17, 15) is 14.4 Å². The Morgan fingerprint density at radius 3 is 0.658 bits per heavy atom. The zero-order chi connectivity index (χ0) is 55.0. The predicted molar refractivity (Wildman–Crippen MR) is 330 cm³/mol. The summed E-state index contributed by atoms with van der Waals surface area (Å²) in [6.45, 7) is 6.71. The van der Waals surface area contributed by atoms with Gasteiger partial charge in [0.15, 0.2) is 6.10 Å². The first kappa shape index (κ1) is 73.9. The zero-order valence-electron chi connectivity index (χ0n) is 51.6. The van der Waals surface area contributed by atoms with Gasteiger partial charge in [0, 0.05) is 19.3 Å². The number of allylic oxidation sites excluding steroid dienone is 4. The van der Waals surface area contributed by atoms with Crippen molar-refractivity contribution in [1.29, 1.82) is 0 Å². The van der Waals surface area contributed by atoms with Gasteiger partial charge < -0.3 is 14.2 Å². The highest BCUT2D eigenvalue weighted by atomic mass is 16.6. The first-order valence-electron chi connectivity index (χ1n) is 34.3. The topological polar surface area (TPSA) is 78.9 Å². The van der Waals surface area contributed by atoms with Crippen LogP contribution in [0.25, 0.3) is 0 Å². The van der Waals surface area contributed by atoms with E-state index in [4.69, 9.17) is 14.2 Å². The fourth-order valence-electron chi connectivity index (χ4n) is 10.5. The molecule has 0 aromatic carbocycles. The van der Waals surface area contributed by atoms with Gasteiger partial charge in [0.1, 0.15) is 13.2 Å². The molecule has 0 N–H and O–H groups in total. The molecule has 6 heteroatoms. The van der Waals surface area contributed by atoms with E-state index in [2.05, 4.69) is 45.1 Å². The molecule has 0 bridgehead atoms. The fraction of sp³-hybridized carbons (Fsp3) is 0.900. The van der Waals surface area contributed by atoms with Crippen LogP contribution in [0.4, 0.5) is 0 Å². The van der Waals surface area contributed by atoms with E-state index in [1.807, 2.05) is 0 Å². The summed E-state index contributed by atoms with van der Waals surface area (Å²) in [4.78, 5) is 38.4. The summed E-state index contributed by atoms with van der Waals surface area (Å²) < 4.78 is 17.0. The minimum atomic E-state index is -0.772. The Balaban J connectivity index is 4.29. The average molecular weight is 1070 g/mol. The summed E-state index contributed by atoms with van der Waals surface area (Å²) in [5, 5.41) is 0. The maximum atomic E-state index is 12.9. The van der Waals surface area contributed by atoms with Gasteiger partial charge in [-0.05, 0) is 70.6 Å². The Morgan fingerprint density at radius 1 is 0.250 bits per heavy atom. The van der Waals surface area contributed by atoms with Crippen LogP contribution >= 0.6 is 0 Å². The molecule has 0 aliphatic rings. The normalized spacial score (nSPS) is 12.1. The van der Waals surface area contributed by atoms with E-state index in [1.165, 1.54) is 283 Å². The van der Waals surface area contributed by atoms with Gasteiger partial charge in [0.2, 0.25) is 0 Å². The lowest BCUT2D eigenvalue weighted by atomic mass is 10.0. The van der Waals surface area contributed by atoms with Crippen molar-refractivity contribution in [3.05, 3.63) is 24.3 Å². The molecule has 1 unspecified atom stereocenters. The lowest BCUT2D eigenvalue weighted by Gasteiger charge is -2.18. The number of carbonyl (C=O) groups is 3. The standard InChI is InChI=1S/C70H132O6/c1-4-7-10-13-16-19-22-25-28-31-33-34-35-36-38-39-42-45-48-51-54-57-60-63-69(72)75-66-67(65-74-68(71)62-59-56-53-50-47-44-41-30-27-24-21-18-15-12-9-6-3)76-70(73)64-61-58-55-52-49-46-43-40-37-32-29-26-23-20-17-14-11-8-5-2/h30-31,33,41,67H,4-29,32,34-40,42-66H2,1-3H3/b33-31-,41-30-. The summed E-state index contributed by atoms with van der Waals surface area (Å²) in [6.07, 6.45) is 79.1. The molecule has 0 aliphatic heterocycles. The van der Waals surface area contributed by atoms with E-state index in [0.717, 1.165) is 64.2 Å². The van der Waals surface area contributed by atoms with Crippen molar-refractivity contribution < 1.29 is 28.6 Å². The Labute approximate surface area is 474 Å². The maximum Gasteiger partial charge on any atom is 0.306 e. The van der Waals surface area contributed by atoms with Gasteiger partial charge >= 0.3 is 17.9 Å². The third kappa shape index (κ3) is 62.7. The highest BCUT2D eigenvalue weighted by Crippen LogP contribution is 2.18. The molecule has 0 rings (SSSR count). The number of carbonyl (C=O) groups excluding carboxylic acids is 3. The van der Waals surface area contributed by atoms with E-state index >= 15 is 0 Å². The van der Waals surface area contributed by atoms with Gasteiger partial charge in [0.25, 0.3) is 0 Å². The Bertz CT molecular complexity index is 1230. The smallest absolute Gasteiger partial charge is 0.306 e. The van der Waals surface area contributed by atoms with Crippen LogP contribution in [0.3, 0.4) is 0 Å². The van der Waals surface area contributed by atoms with Crippen molar-refractivity contribution in [2.45, 2.75) is 393 Å². The molecule has 0 spiro atoms. The van der Waals surface area contributed by atoms with Crippen molar-refractivity contribution in [3.8, 4) is 0 Å². The molecule has 0 fully saturated rings. The van der Waals surface area contributed by atoms with Gasteiger partial charge in [-0.25, -0.2) is 0 Å². The second-order valence-electron chi connectivity index (χ2n) is 23.4. The number of esters is 3. The van der Waals surface area contributed by atoms with E-state index in [1.54, 1.807) is 0 Å². The number of rotatable bonds is 64. The molecular weight excluding hydrogens is 937 g/mol. The largest absolute Gasteiger partial charge is 0.462 e. The van der Waals surface area contributed by atoms with Gasteiger partial charge in [0.05, 0.1) is 0 Å². The first-order chi connectivity index (χ1) is 37.5. The minimum absolute atomic E-state index is 0.0689. The zero-order valence-corrected chi connectivity index (χ0v) is 51.6.